The maximum Gasteiger partial charge on any atom is 0.208 e. The maximum absolute atomic E-state index is 5.66. The van der Waals surface area contributed by atoms with E-state index in [0.717, 1.165) is 32.1 Å². The normalized spacial score (nSPS) is 22.6. The van der Waals surface area contributed by atoms with Crippen LogP contribution in [0.2, 0.25) is 0 Å². The molecule has 0 aromatic carbocycles. The summed E-state index contributed by atoms with van der Waals surface area (Å²) in [5.74, 6) is 6.13. The van der Waals surface area contributed by atoms with E-state index in [2.05, 4.69) is 10.4 Å². The summed E-state index contributed by atoms with van der Waals surface area (Å²) >= 11 is 0. The fourth-order valence-corrected chi connectivity index (χ4v) is 1.77. The summed E-state index contributed by atoms with van der Waals surface area (Å²) in [6, 6.07) is 0. The molecule has 15 heavy (non-hydrogen) atoms. The Balaban J connectivity index is 2.38. The number of hydrogen-bond acceptors (Lipinski definition) is 3. The van der Waals surface area contributed by atoms with Gasteiger partial charge in [0.05, 0.1) is 6.10 Å². The van der Waals surface area contributed by atoms with E-state index in [-0.39, 0.29) is 0 Å². The molecule has 5 heteroatoms. The summed E-state index contributed by atoms with van der Waals surface area (Å²) in [6.45, 7) is 4.45. The Bertz CT molecular complexity index is 202. The quantitative estimate of drug-likeness (QED) is 0.307. The number of nitrogens with zero attached hydrogens (tertiary/aromatic N) is 2. The Kier molecular flexibility index (Phi) is 5.42. The predicted octanol–water partition coefficient (Wildman–Crippen LogP) is 0.327. The number of hydrogen-bond donors (Lipinski definition) is 2. The van der Waals surface area contributed by atoms with E-state index < -0.39 is 0 Å². The van der Waals surface area contributed by atoms with Gasteiger partial charge in [-0.25, -0.2) is 5.84 Å². The molecule has 5 nitrogen and oxygen atoms in total. The Morgan fingerprint density at radius 1 is 1.60 bits per heavy atom. The summed E-state index contributed by atoms with van der Waals surface area (Å²) in [6.07, 6.45) is 3.90. The molecule has 0 spiro atoms. The summed E-state index contributed by atoms with van der Waals surface area (Å²) in [5, 5.41) is 0. The molecule has 1 heterocycles. The molecule has 0 saturated carbocycles. The third-order valence-electron chi connectivity index (χ3n) is 2.55. The lowest BCUT2D eigenvalue weighted by molar-refractivity contribution is 0.00676. The monoisotopic (exact) mass is 214 g/mol. The Hall–Kier alpha value is -0.810. The molecule has 1 saturated heterocycles. The Morgan fingerprint density at radius 3 is 2.93 bits per heavy atom. The van der Waals surface area contributed by atoms with E-state index in [9.17, 15) is 0 Å². The molecule has 0 radical (unpaired) electrons. The van der Waals surface area contributed by atoms with Crippen molar-refractivity contribution in [2.24, 2.45) is 10.8 Å². The van der Waals surface area contributed by atoms with Crippen molar-refractivity contribution in [3.05, 3.63) is 0 Å². The molecule has 1 aliphatic heterocycles. The first-order chi connectivity index (χ1) is 7.27. The van der Waals surface area contributed by atoms with Crippen LogP contribution in [-0.2, 0) is 4.74 Å². The molecule has 1 aliphatic rings. The largest absolute Gasteiger partial charge is 0.376 e. The lowest BCUT2D eigenvalue weighted by Crippen LogP contribution is -2.46. The fraction of sp³-hybridized carbons (Fsp3) is 0.900. The molecular formula is C10H22N4O. The van der Waals surface area contributed by atoms with Gasteiger partial charge in [0.1, 0.15) is 0 Å². The van der Waals surface area contributed by atoms with E-state index in [1.165, 1.54) is 12.8 Å². The van der Waals surface area contributed by atoms with Crippen LogP contribution in [0.25, 0.3) is 0 Å². The molecular weight excluding hydrogens is 192 g/mol. The summed E-state index contributed by atoms with van der Waals surface area (Å²) in [7, 11) is 1.98. The van der Waals surface area contributed by atoms with Gasteiger partial charge in [0.25, 0.3) is 0 Å². The Morgan fingerprint density at radius 2 is 2.40 bits per heavy atom. The number of rotatable bonds is 3. The van der Waals surface area contributed by atoms with Gasteiger partial charge in [0, 0.05) is 26.7 Å². The number of aliphatic imine (C=N–C) groups is 1. The van der Waals surface area contributed by atoms with Crippen LogP contribution in [0.3, 0.4) is 0 Å². The number of ether oxygens (including phenoxy) is 1. The van der Waals surface area contributed by atoms with Crippen molar-refractivity contribution >= 4 is 5.96 Å². The molecule has 0 bridgehead atoms. The first kappa shape index (κ1) is 12.3. The van der Waals surface area contributed by atoms with Gasteiger partial charge in [-0.15, -0.1) is 0 Å². The number of guanidine groups is 1. The first-order valence-corrected chi connectivity index (χ1v) is 5.61. The lowest BCUT2D eigenvalue weighted by Gasteiger charge is -2.28. The van der Waals surface area contributed by atoms with Crippen LogP contribution in [0.5, 0.6) is 0 Å². The van der Waals surface area contributed by atoms with Crippen LogP contribution in [0, 0.1) is 0 Å². The molecule has 0 aromatic heterocycles. The minimum atomic E-state index is 0.319. The van der Waals surface area contributed by atoms with Crippen molar-refractivity contribution in [1.82, 2.24) is 10.3 Å². The second kappa shape index (κ2) is 6.63. The van der Waals surface area contributed by atoms with Crippen LogP contribution < -0.4 is 11.3 Å². The average molecular weight is 214 g/mol. The summed E-state index contributed by atoms with van der Waals surface area (Å²) in [5.41, 5.74) is 2.61. The third-order valence-corrected chi connectivity index (χ3v) is 2.55. The lowest BCUT2D eigenvalue weighted by atomic mass is 10.1. The molecule has 88 valence electrons. The van der Waals surface area contributed by atoms with Gasteiger partial charge in [0.2, 0.25) is 5.96 Å². The Labute approximate surface area is 91.6 Å². The van der Waals surface area contributed by atoms with Gasteiger partial charge in [-0.1, -0.05) is 0 Å². The second-order valence-corrected chi connectivity index (χ2v) is 3.81. The molecule has 1 fully saturated rings. The average Bonchev–Trinajstić information content (AvgIpc) is 2.27. The molecule has 0 aliphatic carbocycles. The first-order valence-electron chi connectivity index (χ1n) is 5.61. The fourth-order valence-electron chi connectivity index (χ4n) is 1.77. The van der Waals surface area contributed by atoms with Gasteiger partial charge >= 0.3 is 0 Å². The van der Waals surface area contributed by atoms with Crippen molar-refractivity contribution in [2.75, 3.05) is 26.7 Å². The highest BCUT2D eigenvalue weighted by Crippen LogP contribution is 2.13. The highest BCUT2D eigenvalue weighted by atomic mass is 16.5. The van der Waals surface area contributed by atoms with Crippen molar-refractivity contribution in [3.63, 3.8) is 0 Å². The minimum absolute atomic E-state index is 0.319. The number of hydrazine groups is 1. The minimum Gasteiger partial charge on any atom is -0.376 e. The van der Waals surface area contributed by atoms with Gasteiger partial charge < -0.3 is 9.64 Å². The number of likely N-dealkylation sites (N-methyl/N-ethyl adjacent to an activating group) is 1. The van der Waals surface area contributed by atoms with E-state index in [1.807, 2.05) is 18.9 Å². The SMILES string of the molecule is CCN=C(NN)N(C)CC1CCCCO1. The van der Waals surface area contributed by atoms with Gasteiger partial charge in [-0.2, -0.15) is 0 Å². The van der Waals surface area contributed by atoms with Crippen molar-refractivity contribution in [1.29, 1.82) is 0 Å². The zero-order valence-electron chi connectivity index (χ0n) is 9.70. The molecule has 0 amide bonds. The molecule has 3 N–H and O–H groups in total. The number of nitrogens with one attached hydrogen (secondary N) is 1. The van der Waals surface area contributed by atoms with Crippen molar-refractivity contribution in [3.8, 4) is 0 Å². The van der Waals surface area contributed by atoms with Crippen molar-refractivity contribution in [2.45, 2.75) is 32.3 Å². The maximum atomic E-state index is 5.66. The third kappa shape index (κ3) is 4.05. The predicted molar refractivity (Wildman–Crippen MR) is 61.5 cm³/mol. The van der Waals surface area contributed by atoms with E-state index in [0.29, 0.717) is 6.10 Å². The van der Waals surface area contributed by atoms with Crippen LogP contribution >= 0.6 is 0 Å². The molecule has 1 atom stereocenters. The zero-order valence-corrected chi connectivity index (χ0v) is 9.70. The van der Waals surface area contributed by atoms with Gasteiger partial charge in [0.15, 0.2) is 0 Å². The second-order valence-electron chi connectivity index (χ2n) is 3.81. The van der Waals surface area contributed by atoms with Crippen LogP contribution in [0.15, 0.2) is 4.99 Å². The van der Waals surface area contributed by atoms with E-state index in [1.54, 1.807) is 0 Å². The topological polar surface area (TPSA) is 62.9 Å². The summed E-state index contributed by atoms with van der Waals surface area (Å²) < 4.78 is 5.66. The molecule has 0 aromatic rings. The number of nitrogens with two attached hydrogens (primary N) is 1. The van der Waals surface area contributed by atoms with Gasteiger partial charge in [-0.3, -0.25) is 10.4 Å². The molecule has 1 rings (SSSR count). The summed E-state index contributed by atoms with van der Waals surface area (Å²) in [4.78, 5) is 6.27. The van der Waals surface area contributed by atoms with E-state index in [4.69, 9.17) is 10.6 Å². The van der Waals surface area contributed by atoms with Gasteiger partial charge in [-0.05, 0) is 26.2 Å². The van der Waals surface area contributed by atoms with E-state index >= 15 is 0 Å². The van der Waals surface area contributed by atoms with Crippen LogP contribution in [0.1, 0.15) is 26.2 Å². The highest BCUT2D eigenvalue weighted by Gasteiger charge is 2.17. The van der Waals surface area contributed by atoms with Crippen LogP contribution in [-0.4, -0.2) is 43.7 Å². The van der Waals surface area contributed by atoms with Crippen molar-refractivity contribution < 1.29 is 4.74 Å². The smallest absolute Gasteiger partial charge is 0.208 e. The van der Waals surface area contributed by atoms with Crippen LogP contribution in [0.4, 0.5) is 0 Å². The standard InChI is InChI=1S/C10H22N4O/c1-3-12-10(13-11)14(2)8-9-6-4-5-7-15-9/h9H,3-8,11H2,1-2H3,(H,12,13). The zero-order chi connectivity index (χ0) is 11.1. The molecule has 1 unspecified atom stereocenters. The highest BCUT2D eigenvalue weighted by molar-refractivity contribution is 5.79.